The van der Waals surface area contributed by atoms with Crippen molar-refractivity contribution >= 4 is 11.6 Å². The lowest BCUT2D eigenvalue weighted by molar-refractivity contribution is -0.117. The Morgan fingerprint density at radius 1 is 1.47 bits per heavy atom. The highest BCUT2D eigenvalue weighted by Gasteiger charge is 2.22. The third-order valence-electron chi connectivity index (χ3n) is 3.52. The summed E-state index contributed by atoms with van der Waals surface area (Å²) in [4.78, 5) is 12.1. The highest BCUT2D eigenvalue weighted by atomic mass is 16.5. The van der Waals surface area contributed by atoms with Gasteiger partial charge in [-0.05, 0) is 43.0 Å². The van der Waals surface area contributed by atoms with E-state index >= 15 is 0 Å². The van der Waals surface area contributed by atoms with Crippen molar-refractivity contribution in [2.24, 2.45) is 0 Å². The number of amides is 1. The molecule has 1 heterocycles. The molecular weight excluding hydrogens is 240 g/mol. The first-order valence-electron chi connectivity index (χ1n) is 6.84. The quantitative estimate of drug-likeness (QED) is 0.876. The van der Waals surface area contributed by atoms with Gasteiger partial charge in [0.2, 0.25) is 5.91 Å². The Morgan fingerprint density at radius 2 is 2.26 bits per heavy atom. The normalized spacial score (nSPS) is 18.6. The smallest absolute Gasteiger partial charge is 0.241 e. The van der Waals surface area contributed by atoms with Crippen molar-refractivity contribution in [2.45, 2.75) is 38.6 Å². The number of anilines is 1. The molecule has 2 N–H and O–H groups in total. The molecule has 1 aromatic rings. The predicted octanol–water partition coefficient (Wildman–Crippen LogP) is 2.51. The van der Waals surface area contributed by atoms with E-state index in [1.807, 2.05) is 18.2 Å². The standard InChI is InChI=1S/C15H22N2O2/c1-10(2)11-6-7-14(19-3)13(9-11)17-15(18)12-5-4-8-16-12/h6-7,9-10,12,16H,4-5,8H2,1-3H3,(H,17,18). The molecule has 0 aromatic heterocycles. The topological polar surface area (TPSA) is 50.4 Å². The molecule has 1 fully saturated rings. The van der Waals surface area contributed by atoms with Gasteiger partial charge in [0.15, 0.2) is 0 Å². The summed E-state index contributed by atoms with van der Waals surface area (Å²) in [6.45, 7) is 5.18. The van der Waals surface area contributed by atoms with Crippen molar-refractivity contribution in [3.05, 3.63) is 23.8 Å². The number of ether oxygens (including phenoxy) is 1. The molecule has 0 spiro atoms. The van der Waals surface area contributed by atoms with Gasteiger partial charge in [0.1, 0.15) is 5.75 Å². The molecule has 4 nitrogen and oxygen atoms in total. The predicted molar refractivity (Wildman–Crippen MR) is 76.7 cm³/mol. The van der Waals surface area contributed by atoms with Crippen LogP contribution in [0, 0.1) is 0 Å². The van der Waals surface area contributed by atoms with Gasteiger partial charge in [-0.25, -0.2) is 0 Å². The van der Waals surface area contributed by atoms with Gasteiger partial charge in [-0.3, -0.25) is 4.79 Å². The van der Waals surface area contributed by atoms with Gasteiger partial charge in [0.05, 0.1) is 18.8 Å². The molecule has 0 bridgehead atoms. The van der Waals surface area contributed by atoms with Crippen molar-refractivity contribution in [1.29, 1.82) is 0 Å². The van der Waals surface area contributed by atoms with Crippen LogP contribution in [0.15, 0.2) is 18.2 Å². The van der Waals surface area contributed by atoms with Crippen LogP contribution in [0.5, 0.6) is 5.75 Å². The first kappa shape index (κ1) is 13.9. The minimum atomic E-state index is -0.0765. The van der Waals surface area contributed by atoms with E-state index in [0.29, 0.717) is 11.7 Å². The van der Waals surface area contributed by atoms with Crippen LogP contribution in [-0.2, 0) is 4.79 Å². The molecule has 1 atom stereocenters. The van der Waals surface area contributed by atoms with E-state index in [-0.39, 0.29) is 11.9 Å². The number of rotatable bonds is 4. The fourth-order valence-electron chi connectivity index (χ4n) is 2.31. The summed E-state index contributed by atoms with van der Waals surface area (Å²) in [6, 6.07) is 5.86. The molecule has 0 aliphatic carbocycles. The van der Waals surface area contributed by atoms with E-state index in [4.69, 9.17) is 4.74 Å². The zero-order chi connectivity index (χ0) is 13.8. The van der Waals surface area contributed by atoms with E-state index in [1.165, 1.54) is 5.56 Å². The van der Waals surface area contributed by atoms with Crippen LogP contribution in [0.3, 0.4) is 0 Å². The zero-order valence-electron chi connectivity index (χ0n) is 11.8. The summed E-state index contributed by atoms with van der Waals surface area (Å²) in [5, 5.41) is 6.17. The molecule has 1 amide bonds. The first-order valence-corrected chi connectivity index (χ1v) is 6.84. The molecule has 1 unspecified atom stereocenters. The molecule has 1 aliphatic rings. The largest absolute Gasteiger partial charge is 0.495 e. The summed E-state index contributed by atoms with van der Waals surface area (Å²) < 4.78 is 5.31. The second-order valence-corrected chi connectivity index (χ2v) is 5.25. The first-order chi connectivity index (χ1) is 9.11. The number of nitrogens with one attached hydrogen (secondary N) is 2. The van der Waals surface area contributed by atoms with Crippen LogP contribution >= 0.6 is 0 Å². The van der Waals surface area contributed by atoms with Crippen LogP contribution in [0.1, 0.15) is 38.2 Å². The Balaban J connectivity index is 2.16. The van der Waals surface area contributed by atoms with Crippen LogP contribution in [0.2, 0.25) is 0 Å². The average Bonchev–Trinajstić information content (AvgIpc) is 2.92. The summed E-state index contributed by atoms with van der Waals surface area (Å²) in [7, 11) is 1.62. The summed E-state index contributed by atoms with van der Waals surface area (Å²) in [5.41, 5.74) is 1.95. The molecule has 1 saturated heterocycles. The number of methoxy groups -OCH3 is 1. The molecule has 104 valence electrons. The fraction of sp³-hybridized carbons (Fsp3) is 0.533. The van der Waals surface area contributed by atoms with Gasteiger partial charge in [0.25, 0.3) is 0 Å². The Hall–Kier alpha value is -1.55. The molecule has 2 rings (SSSR count). The van der Waals surface area contributed by atoms with Gasteiger partial charge in [0, 0.05) is 0 Å². The Labute approximate surface area is 114 Å². The zero-order valence-corrected chi connectivity index (χ0v) is 11.8. The highest BCUT2D eigenvalue weighted by Crippen LogP contribution is 2.29. The fourth-order valence-corrected chi connectivity index (χ4v) is 2.31. The maximum atomic E-state index is 12.1. The molecule has 0 radical (unpaired) electrons. The maximum absolute atomic E-state index is 12.1. The van der Waals surface area contributed by atoms with Gasteiger partial charge in [-0.2, -0.15) is 0 Å². The van der Waals surface area contributed by atoms with E-state index < -0.39 is 0 Å². The second kappa shape index (κ2) is 6.06. The SMILES string of the molecule is COc1ccc(C(C)C)cc1NC(=O)C1CCCN1. The van der Waals surface area contributed by atoms with Gasteiger partial charge in [-0.1, -0.05) is 19.9 Å². The van der Waals surface area contributed by atoms with E-state index in [1.54, 1.807) is 7.11 Å². The molecule has 0 saturated carbocycles. The summed E-state index contributed by atoms with van der Waals surface area (Å²) >= 11 is 0. The minimum Gasteiger partial charge on any atom is -0.495 e. The monoisotopic (exact) mass is 262 g/mol. The van der Waals surface area contributed by atoms with Crippen LogP contribution in [0.4, 0.5) is 5.69 Å². The molecule has 1 aliphatic heterocycles. The lowest BCUT2D eigenvalue weighted by Gasteiger charge is -2.16. The summed E-state index contributed by atoms with van der Waals surface area (Å²) in [6.07, 6.45) is 1.96. The van der Waals surface area contributed by atoms with Crippen molar-refractivity contribution in [3.63, 3.8) is 0 Å². The molecular formula is C15H22N2O2. The number of carbonyl (C=O) groups excluding carboxylic acids is 1. The summed E-state index contributed by atoms with van der Waals surface area (Å²) in [5.74, 6) is 1.15. The molecule has 4 heteroatoms. The number of hydrogen-bond donors (Lipinski definition) is 2. The Kier molecular flexibility index (Phi) is 4.43. The van der Waals surface area contributed by atoms with E-state index in [2.05, 4.69) is 24.5 Å². The average molecular weight is 262 g/mol. The highest BCUT2D eigenvalue weighted by molar-refractivity contribution is 5.96. The molecule has 19 heavy (non-hydrogen) atoms. The third-order valence-corrected chi connectivity index (χ3v) is 3.52. The van der Waals surface area contributed by atoms with Crippen molar-refractivity contribution in [2.75, 3.05) is 19.0 Å². The van der Waals surface area contributed by atoms with Crippen molar-refractivity contribution in [1.82, 2.24) is 5.32 Å². The van der Waals surface area contributed by atoms with Gasteiger partial charge in [-0.15, -0.1) is 0 Å². The van der Waals surface area contributed by atoms with Gasteiger partial charge < -0.3 is 15.4 Å². The van der Waals surface area contributed by atoms with Crippen LogP contribution in [-0.4, -0.2) is 25.6 Å². The van der Waals surface area contributed by atoms with Crippen LogP contribution < -0.4 is 15.4 Å². The van der Waals surface area contributed by atoms with Crippen molar-refractivity contribution < 1.29 is 9.53 Å². The van der Waals surface area contributed by atoms with E-state index in [0.717, 1.165) is 25.1 Å². The lowest BCUT2D eigenvalue weighted by atomic mass is 10.0. The van der Waals surface area contributed by atoms with Crippen LogP contribution in [0.25, 0.3) is 0 Å². The van der Waals surface area contributed by atoms with E-state index in [9.17, 15) is 4.79 Å². The van der Waals surface area contributed by atoms with Crippen molar-refractivity contribution in [3.8, 4) is 5.75 Å². The number of hydrogen-bond acceptors (Lipinski definition) is 3. The minimum absolute atomic E-state index is 0.0247. The number of benzene rings is 1. The number of carbonyl (C=O) groups is 1. The lowest BCUT2D eigenvalue weighted by Crippen LogP contribution is -2.35. The Morgan fingerprint density at radius 3 is 2.84 bits per heavy atom. The third kappa shape index (κ3) is 3.26. The Bertz CT molecular complexity index is 451. The maximum Gasteiger partial charge on any atom is 0.241 e. The second-order valence-electron chi connectivity index (χ2n) is 5.25. The molecule has 1 aromatic carbocycles. The van der Waals surface area contributed by atoms with Gasteiger partial charge >= 0.3 is 0 Å².